The van der Waals surface area contributed by atoms with Gasteiger partial charge >= 0.3 is 12.4 Å². The molecule has 0 N–H and O–H groups in total. The van der Waals surface area contributed by atoms with Crippen LogP contribution in [0, 0.1) is 0 Å². The quantitative estimate of drug-likeness (QED) is 0.625. The Labute approximate surface area is 73.2 Å². The van der Waals surface area contributed by atoms with Crippen LogP contribution in [0.3, 0.4) is 0 Å². The second-order valence-electron chi connectivity index (χ2n) is 2.35. The summed E-state index contributed by atoms with van der Waals surface area (Å²) in [5.74, 6) is 0. The molecule has 0 atom stereocenters. The van der Waals surface area contributed by atoms with Gasteiger partial charge < -0.3 is 0 Å². The summed E-state index contributed by atoms with van der Waals surface area (Å²) in [4.78, 5) is 0. The molecule has 0 aromatic carbocycles. The van der Waals surface area contributed by atoms with Crippen molar-refractivity contribution in [2.75, 3.05) is 0 Å². The van der Waals surface area contributed by atoms with Gasteiger partial charge in [-0.15, -0.1) is 0 Å². The summed E-state index contributed by atoms with van der Waals surface area (Å²) in [7, 11) is 0. The van der Waals surface area contributed by atoms with E-state index in [1.165, 1.54) is 0 Å². The third kappa shape index (κ3) is 5.03. The maximum absolute atomic E-state index is 11.6. The van der Waals surface area contributed by atoms with Crippen molar-refractivity contribution in [1.82, 2.24) is 0 Å². The summed E-state index contributed by atoms with van der Waals surface area (Å²) in [6.07, 6.45) is -17.1. The van der Waals surface area contributed by atoms with Crippen LogP contribution in [0.15, 0.2) is 11.7 Å². The van der Waals surface area contributed by atoms with Gasteiger partial charge in [0.1, 0.15) is 0 Å². The smallest absolute Gasteiger partial charge is 0.173 e. The summed E-state index contributed by atoms with van der Waals surface area (Å²) >= 11 is 0. The van der Waals surface area contributed by atoms with Crippen LogP contribution >= 0.6 is 0 Å². The van der Waals surface area contributed by atoms with Gasteiger partial charge in [-0.1, -0.05) is 0 Å². The van der Waals surface area contributed by atoms with Crippen molar-refractivity contribution in [3.05, 3.63) is 11.7 Å². The van der Waals surface area contributed by atoms with E-state index >= 15 is 0 Å². The van der Waals surface area contributed by atoms with Gasteiger partial charge in [0.2, 0.25) is 0 Å². The van der Waals surface area contributed by atoms with E-state index in [2.05, 4.69) is 0 Å². The SMILES string of the molecule is FC(F)=C(CCC(F)(F)F)C(F)(F)F. The first kappa shape index (κ1) is 13.2. The van der Waals surface area contributed by atoms with Gasteiger partial charge in [-0.2, -0.15) is 35.1 Å². The molecular weight excluding hydrogens is 224 g/mol. The van der Waals surface area contributed by atoms with E-state index in [4.69, 9.17) is 0 Å². The molecule has 0 aliphatic carbocycles. The Balaban J connectivity index is 4.53. The first-order valence-corrected chi connectivity index (χ1v) is 3.22. The van der Waals surface area contributed by atoms with Crippen molar-refractivity contribution in [2.24, 2.45) is 0 Å². The fraction of sp³-hybridized carbons (Fsp3) is 0.667. The van der Waals surface area contributed by atoms with Crippen LogP contribution in [0.5, 0.6) is 0 Å². The summed E-state index contributed by atoms with van der Waals surface area (Å²) in [6.45, 7) is 0. The zero-order valence-electron chi connectivity index (χ0n) is 6.44. The number of hydrogen-bond donors (Lipinski definition) is 0. The molecule has 0 amide bonds. The Bertz CT molecular complexity index is 215. The Hall–Kier alpha value is -0.820. The molecule has 0 nitrogen and oxygen atoms in total. The molecular formula is C6H4F8. The average Bonchev–Trinajstić information content (AvgIpc) is 1.79. The highest BCUT2D eigenvalue weighted by atomic mass is 19.4. The van der Waals surface area contributed by atoms with Crippen molar-refractivity contribution < 1.29 is 35.1 Å². The Morgan fingerprint density at radius 3 is 1.50 bits per heavy atom. The highest BCUT2D eigenvalue weighted by Gasteiger charge is 2.40. The highest BCUT2D eigenvalue weighted by Crippen LogP contribution is 2.35. The Kier molecular flexibility index (Phi) is 3.90. The van der Waals surface area contributed by atoms with Crippen LogP contribution in [-0.4, -0.2) is 12.4 Å². The zero-order chi connectivity index (χ0) is 11.6. The van der Waals surface area contributed by atoms with E-state index in [1.54, 1.807) is 0 Å². The molecule has 84 valence electrons. The average molecular weight is 228 g/mol. The molecule has 0 bridgehead atoms. The maximum Gasteiger partial charge on any atom is 0.417 e. The summed E-state index contributed by atoms with van der Waals surface area (Å²) in [5.41, 5.74) is -2.42. The highest BCUT2D eigenvalue weighted by molar-refractivity contribution is 5.09. The normalized spacial score (nSPS) is 12.9. The van der Waals surface area contributed by atoms with Gasteiger partial charge in [0, 0.05) is 6.42 Å². The lowest BCUT2D eigenvalue weighted by Crippen LogP contribution is -2.16. The first-order chi connectivity index (χ1) is 6.04. The van der Waals surface area contributed by atoms with Crippen LogP contribution in [0.25, 0.3) is 0 Å². The van der Waals surface area contributed by atoms with Gasteiger partial charge in [0.05, 0.1) is 5.57 Å². The standard InChI is InChI=1S/C6H4F8/c7-4(8)3(6(12,13)14)1-2-5(9,10)11/h1-2H2. The first-order valence-electron chi connectivity index (χ1n) is 3.22. The molecule has 0 rings (SSSR count). The molecule has 0 heterocycles. The zero-order valence-corrected chi connectivity index (χ0v) is 6.44. The molecule has 0 aliphatic rings. The third-order valence-electron chi connectivity index (χ3n) is 1.23. The van der Waals surface area contributed by atoms with Crippen molar-refractivity contribution in [2.45, 2.75) is 25.2 Å². The molecule has 14 heavy (non-hydrogen) atoms. The summed E-state index contributed by atoms with van der Waals surface area (Å²) in [6, 6.07) is 0. The molecule has 0 saturated carbocycles. The molecule has 0 aliphatic heterocycles. The Morgan fingerprint density at radius 1 is 0.857 bits per heavy atom. The lowest BCUT2D eigenvalue weighted by Gasteiger charge is -2.11. The number of alkyl halides is 6. The molecule has 0 spiro atoms. The van der Waals surface area contributed by atoms with Crippen molar-refractivity contribution in [1.29, 1.82) is 0 Å². The van der Waals surface area contributed by atoms with Crippen molar-refractivity contribution in [3.8, 4) is 0 Å². The van der Waals surface area contributed by atoms with Gasteiger partial charge in [0.15, 0.2) is 0 Å². The van der Waals surface area contributed by atoms with Gasteiger partial charge in [-0.3, -0.25) is 0 Å². The predicted molar refractivity (Wildman–Crippen MR) is 30.6 cm³/mol. The fourth-order valence-electron chi connectivity index (χ4n) is 0.610. The number of rotatable bonds is 2. The van der Waals surface area contributed by atoms with E-state index in [0.29, 0.717) is 0 Å². The summed E-state index contributed by atoms with van der Waals surface area (Å²) in [5, 5.41) is 0. The predicted octanol–water partition coefficient (Wildman–Crippen LogP) is 4.04. The van der Waals surface area contributed by atoms with Crippen LogP contribution in [0.2, 0.25) is 0 Å². The monoisotopic (exact) mass is 228 g/mol. The number of allylic oxidation sites excluding steroid dienone is 1. The second kappa shape index (κ2) is 4.14. The van der Waals surface area contributed by atoms with Crippen LogP contribution in [-0.2, 0) is 0 Å². The lowest BCUT2D eigenvalue weighted by molar-refractivity contribution is -0.140. The van der Waals surface area contributed by atoms with Crippen molar-refractivity contribution in [3.63, 3.8) is 0 Å². The molecule has 0 aromatic heterocycles. The molecule has 0 unspecified atom stereocenters. The topological polar surface area (TPSA) is 0 Å². The molecule has 0 radical (unpaired) electrons. The van der Waals surface area contributed by atoms with E-state index < -0.39 is 36.8 Å². The third-order valence-corrected chi connectivity index (χ3v) is 1.23. The van der Waals surface area contributed by atoms with Gasteiger partial charge in [0.25, 0.3) is 6.08 Å². The van der Waals surface area contributed by atoms with E-state index in [-0.39, 0.29) is 0 Å². The van der Waals surface area contributed by atoms with Crippen molar-refractivity contribution >= 4 is 0 Å². The van der Waals surface area contributed by atoms with E-state index in [1.807, 2.05) is 0 Å². The molecule has 0 saturated heterocycles. The van der Waals surface area contributed by atoms with Crippen LogP contribution < -0.4 is 0 Å². The number of halogens is 8. The molecule has 0 aromatic rings. The largest absolute Gasteiger partial charge is 0.417 e. The van der Waals surface area contributed by atoms with Gasteiger partial charge in [-0.05, 0) is 6.42 Å². The molecule has 0 fully saturated rings. The molecule has 8 heteroatoms. The lowest BCUT2D eigenvalue weighted by atomic mass is 10.1. The Morgan fingerprint density at radius 2 is 1.29 bits per heavy atom. The maximum atomic E-state index is 11.6. The van der Waals surface area contributed by atoms with E-state index in [9.17, 15) is 35.1 Å². The van der Waals surface area contributed by atoms with Crippen LogP contribution in [0.4, 0.5) is 35.1 Å². The van der Waals surface area contributed by atoms with Crippen LogP contribution in [0.1, 0.15) is 12.8 Å². The van der Waals surface area contributed by atoms with E-state index in [0.717, 1.165) is 0 Å². The minimum Gasteiger partial charge on any atom is -0.173 e. The minimum absolute atomic E-state index is 1.75. The summed E-state index contributed by atoms with van der Waals surface area (Å²) < 4.78 is 92.3. The fourth-order valence-corrected chi connectivity index (χ4v) is 0.610. The van der Waals surface area contributed by atoms with Gasteiger partial charge in [-0.25, -0.2) is 0 Å². The minimum atomic E-state index is -5.41. The number of hydrogen-bond acceptors (Lipinski definition) is 0. The second-order valence-corrected chi connectivity index (χ2v) is 2.35.